The van der Waals surface area contributed by atoms with Gasteiger partial charge in [-0.3, -0.25) is 9.59 Å². The van der Waals surface area contributed by atoms with Gasteiger partial charge in [0.2, 0.25) is 5.91 Å². The Kier molecular flexibility index (Phi) is 5.11. The zero-order valence-corrected chi connectivity index (χ0v) is 10.1. The lowest BCUT2D eigenvalue weighted by Gasteiger charge is -2.09. The van der Waals surface area contributed by atoms with E-state index in [0.29, 0.717) is 25.3 Å². The summed E-state index contributed by atoms with van der Waals surface area (Å²) in [6, 6.07) is 0.604. The molecule has 0 aliphatic carbocycles. The number of amides is 1. The summed E-state index contributed by atoms with van der Waals surface area (Å²) in [7, 11) is 1.47. The van der Waals surface area contributed by atoms with Crippen molar-refractivity contribution in [2.75, 3.05) is 19.0 Å². The summed E-state index contributed by atoms with van der Waals surface area (Å²) in [4.78, 5) is 24.6. The molecule has 0 unspecified atom stereocenters. The molecule has 0 aliphatic heterocycles. The number of hydrogen-bond donors (Lipinski definition) is 2. The van der Waals surface area contributed by atoms with Crippen molar-refractivity contribution in [3.05, 3.63) is 28.2 Å². The summed E-state index contributed by atoms with van der Waals surface area (Å²) in [5.41, 5.74) is -2.23. The van der Waals surface area contributed by atoms with Crippen molar-refractivity contribution in [2.45, 2.75) is 19.0 Å². The molecule has 0 bridgehead atoms. The van der Waals surface area contributed by atoms with Crippen LogP contribution in [0.1, 0.15) is 18.4 Å². The number of carbonyl (C=O) groups excluding carboxylic acids is 1. The number of aromatic nitrogens is 1. The summed E-state index contributed by atoms with van der Waals surface area (Å²) in [5.74, 6) is -0.540. The molecule has 0 spiro atoms. The monoisotopic (exact) mass is 278 g/mol. The number of ether oxygens (including phenoxy) is 1. The standard InChI is InChI=1S/C11H13F3N2O3/c1-19-4-2-3-9(17)16-8-5-7(11(12,13)14)6-15-10(8)18/h5-6H,2-4H2,1H3,(H,15,18)(H,16,17). The van der Waals surface area contributed by atoms with E-state index in [4.69, 9.17) is 4.74 Å². The number of anilines is 1. The number of rotatable bonds is 5. The van der Waals surface area contributed by atoms with E-state index in [1.807, 2.05) is 4.98 Å². The van der Waals surface area contributed by atoms with Crippen LogP contribution in [0.15, 0.2) is 17.1 Å². The topological polar surface area (TPSA) is 71.2 Å². The van der Waals surface area contributed by atoms with Crippen LogP contribution in [0.25, 0.3) is 0 Å². The number of methoxy groups -OCH3 is 1. The van der Waals surface area contributed by atoms with Crippen molar-refractivity contribution in [3.63, 3.8) is 0 Å². The molecule has 0 aromatic carbocycles. The van der Waals surface area contributed by atoms with E-state index in [1.165, 1.54) is 7.11 Å². The summed E-state index contributed by atoms with van der Waals surface area (Å²) in [6.07, 6.45) is -3.55. The molecule has 0 saturated carbocycles. The van der Waals surface area contributed by atoms with E-state index in [2.05, 4.69) is 5.32 Å². The van der Waals surface area contributed by atoms with Gasteiger partial charge in [-0.25, -0.2) is 0 Å². The van der Waals surface area contributed by atoms with Crippen molar-refractivity contribution < 1.29 is 22.7 Å². The number of H-pyrrole nitrogens is 1. The van der Waals surface area contributed by atoms with Crippen LogP contribution in [0.4, 0.5) is 18.9 Å². The van der Waals surface area contributed by atoms with Crippen LogP contribution in [0.3, 0.4) is 0 Å². The molecule has 2 N–H and O–H groups in total. The lowest BCUT2D eigenvalue weighted by Crippen LogP contribution is -2.21. The van der Waals surface area contributed by atoms with E-state index in [9.17, 15) is 22.8 Å². The maximum absolute atomic E-state index is 12.4. The molecule has 0 fully saturated rings. The second-order valence-electron chi connectivity index (χ2n) is 3.77. The lowest BCUT2D eigenvalue weighted by atomic mass is 10.2. The number of carbonyl (C=O) groups is 1. The molecule has 1 aromatic heterocycles. The first-order valence-electron chi connectivity index (χ1n) is 5.43. The van der Waals surface area contributed by atoms with E-state index in [1.54, 1.807) is 0 Å². The number of pyridine rings is 1. The minimum atomic E-state index is -4.58. The summed E-state index contributed by atoms with van der Waals surface area (Å²) >= 11 is 0. The average Bonchev–Trinajstić information content (AvgIpc) is 2.31. The molecule has 19 heavy (non-hydrogen) atoms. The van der Waals surface area contributed by atoms with Gasteiger partial charge in [-0.15, -0.1) is 0 Å². The smallest absolute Gasteiger partial charge is 0.385 e. The normalized spacial score (nSPS) is 11.4. The number of halogens is 3. The molecular weight excluding hydrogens is 265 g/mol. The second-order valence-corrected chi connectivity index (χ2v) is 3.77. The van der Waals surface area contributed by atoms with Gasteiger partial charge in [0.05, 0.1) is 5.56 Å². The van der Waals surface area contributed by atoms with Crippen LogP contribution in [-0.2, 0) is 15.7 Å². The fourth-order valence-electron chi connectivity index (χ4n) is 1.33. The van der Waals surface area contributed by atoms with Crippen molar-refractivity contribution in [1.29, 1.82) is 0 Å². The Morgan fingerprint density at radius 1 is 1.47 bits per heavy atom. The van der Waals surface area contributed by atoms with E-state index in [-0.39, 0.29) is 6.42 Å². The number of nitrogens with one attached hydrogen (secondary N) is 2. The Morgan fingerprint density at radius 3 is 2.74 bits per heavy atom. The Hall–Kier alpha value is -1.83. The highest BCUT2D eigenvalue weighted by Crippen LogP contribution is 2.29. The Morgan fingerprint density at radius 2 is 2.16 bits per heavy atom. The first kappa shape index (κ1) is 15.2. The first-order valence-corrected chi connectivity index (χ1v) is 5.43. The minimum absolute atomic E-state index is 0.0591. The van der Waals surface area contributed by atoms with Gasteiger partial charge in [-0.05, 0) is 12.5 Å². The maximum atomic E-state index is 12.4. The van der Waals surface area contributed by atoms with Gasteiger partial charge in [0.15, 0.2) is 0 Å². The molecule has 1 rings (SSSR count). The van der Waals surface area contributed by atoms with E-state index in [0.717, 1.165) is 0 Å². The highest BCUT2D eigenvalue weighted by molar-refractivity contribution is 5.90. The Balaban J connectivity index is 2.78. The van der Waals surface area contributed by atoms with Crippen LogP contribution in [0.2, 0.25) is 0 Å². The van der Waals surface area contributed by atoms with Gasteiger partial charge in [-0.2, -0.15) is 13.2 Å². The SMILES string of the molecule is COCCCC(=O)Nc1cc(C(F)(F)F)c[nH]c1=O. The van der Waals surface area contributed by atoms with Gasteiger partial charge >= 0.3 is 6.18 Å². The van der Waals surface area contributed by atoms with Gasteiger partial charge in [0.1, 0.15) is 5.69 Å². The molecule has 5 nitrogen and oxygen atoms in total. The van der Waals surface area contributed by atoms with Crippen molar-refractivity contribution in [2.24, 2.45) is 0 Å². The predicted octanol–water partition coefficient (Wildman–Crippen LogP) is 1.76. The molecule has 1 aromatic rings. The third-order valence-corrected chi connectivity index (χ3v) is 2.26. The number of aromatic amines is 1. The molecule has 0 radical (unpaired) electrons. The van der Waals surface area contributed by atoms with Crippen molar-refractivity contribution >= 4 is 11.6 Å². The molecule has 1 heterocycles. The highest BCUT2D eigenvalue weighted by atomic mass is 19.4. The predicted molar refractivity (Wildman–Crippen MR) is 61.8 cm³/mol. The van der Waals surface area contributed by atoms with E-state index < -0.39 is 28.9 Å². The fourth-order valence-corrected chi connectivity index (χ4v) is 1.33. The van der Waals surface area contributed by atoms with Crippen LogP contribution < -0.4 is 10.9 Å². The third kappa shape index (κ3) is 4.74. The maximum Gasteiger partial charge on any atom is 0.417 e. The highest BCUT2D eigenvalue weighted by Gasteiger charge is 2.31. The fraction of sp³-hybridized carbons (Fsp3) is 0.455. The number of alkyl halides is 3. The zero-order valence-electron chi connectivity index (χ0n) is 10.1. The first-order chi connectivity index (χ1) is 8.84. The van der Waals surface area contributed by atoms with Crippen molar-refractivity contribution in [1.82, 2.24) is 4.98 Å². The Labute approximate surface area is 106 Å². The zero-order chi connectivity index (χ0) is 14.5. The Bertz CT molecular complexity index is 497. The van der Waals surface area contributed by atoms with Crippen molar-refractivity contribution in [3.8, 4) is 0 Å². The molecule has 0 aliphatic rings. The van der Waals surface area contributed by atoms with Crippen LogP contribution in [-0.4, -0.2) is 24.6 Å². The van der Waals surface area contributed by atoms with Gasteiger partial charge in [0.25, 0.3) is 5.56 Å². The molecule has 0 atom stereocenters. The third-order valence-electron chi connectivity index (χ3n) is 2.26. The lowest BCUT2D eigenvalue weighted by molar-refractivity contribution is -0.137. The molecule has 106 valence electrons. The summed E-state index contributed by atoms with van der Waals surface area (Å²) < 4.78 is 42.0. The summed E-state index contributed by atoms with van der Waals surface area (Å²) in [5, 5.41) is 2.14. The quantitative estimate of drug-likeness (QED) is 0.806. The molecule has 8 heteroatoms. The summed E-state index contributed by atoms with van der Waals surface area (Å²) in [6.45, 7) is 0.354. The largest absolute Gasteiger partial charge is 0.417 e. The van der Waals surface area contributed by atoms with E-state index >= 15 is 0 Å². The van der Waals surface area contributed by atoms with Crippen LogP contribution in [0, 0.1) is 0 Å². The molecular formula is C11H13F3N2O3. The number of hydrogen-bond acceptors (Lipinski definition) is 3. The molecule has 1 amide bonds. The molecule has 0 saturated heterocycles. The van der Waals surface area contributed by atoms with Gasteiger partial charge in [-0.1, -0.05) is 0 Å². The second kappa shape index (κ2) is 6.37. The minimum Gasteiger partial charge on any atom is -0.385 e. The van der Waals surface area contributed by atoms with Crippen LogP contribution in [0.5, 0.6) is 0 Å². The van der Waals surface area contributed by atoms with Gasteiger partial charge in [0, 0.05) is 26.3 Å². The van der Waals surface area contributed by atoms with Crippen LogP contribution >= 0.6 is 0 Å². The average molecular weight is 278 g/mol. The van der Waals surface area contributed by atoms with Gasteiger partial charge < -0.3 is 15.0 Å².